The molecule has 1 unspecified atom stereocenters. The number of carboxylic acids is 1. The zero-order valence-corrected chi connectivity index (χ0v) is 16.5. The molecular formula is C19H21BrClNO3. The van der Waals surface area contributed by atoms with Crippen molar-refractivity contribution in [3.8, 4) is 5.75 Å². The molecule has 25 heavy (non-hydrogen) atoms. The quantitative estimate of drug-likeness (QED) is 0.631. The van der Waals surface area contributed by atoms with Gasteiger partial charge in [-0.3, -0.25) is 10.1 Å². The molecule has 0 fully saturated rings. The normalized spacial score (nSPS) is 12.2. The number of carboxylic acid groups (broad SMARTS) is 1. The van der Waals surface area contributed by atoms with Crippen LogP contribution >= 0.6 is 27.5 Å². The van der Waals surface area contributed by atoms with Gasteiger partial charge in [-0.1, -0.05) is 59.6 Å². The minimum absolute atomic E-state index is 0.0165. The van der Waals surface area contributed by atoms with Crippen molar-refractivity contribution in [2.45, 2.75) is 33.0 Å². The van der Waals surface area contributed by atoms with Gasteiger partial charge in [0, 0.05) is 27.2 Å². The first-order valence-electron chi connectivity index (χ1n) is 7.99. The molecule has 2 rings (SSSR count). The van der Waals surface area contributed by atoms with Gasteiger partial charge in [0.25, 0.3) is 0 Å². The van der Waals surface area contributed by atoms with Gasteiger partial charge < -0.3 is 9.84 Å². The van der Waals surface area contributed by atoms with Crippen LogP contribution in [0.4, 0.5) is 0 Å². The number of carbonyl (C=O) groups is 1. The van der Waals surface area contributed by atoms with E-state index in [1.54, 1.807) is 0 Å². The lowest BCUT2D eigenvalue weighted by molar-refractivity contribution is -0.140. The maximum atomic E-state index is 11.3. The summed E-state index contributed by atoms with van der Waals surface area (Å²) in [4.78, 5) is 11.3. The average Bonchev–Trinajstić information content (AvgIpc) is 2.55. The Balaban J connectivity index is 2.11. The van der Waals surface area contributed by atoms with Crippen LogP contribution in [0.5, 0.6) is 5.75 Å². The number of hydrogen-bond donors (Lipinski definition) is 2. The van der Waals surface area contributed by atoms with Crippen LogP contribution in [-0.2, 0) is 17.9 Å². The van der Waals surface area contributed by atoms with E-state index in [0.29, 0.717) is 23.9 Å². The summed E-state index contributed by atoms with van der Waals surface area (Å²) in [6, 6.07) is 12.6. The second-order valence-corrected chi connectivity index (χ2v) is 7.40. The molecule has 0 aromatic heterocycles. The minimum atomic E-state index is -0.858. The number of hydrogen-bond acceptors (Lipinski definition) is 3. The summed E-state index contributed by atoms with van der Waals surface area (Å²) in [5, 5.41) is 13.1. The molecule has 0 heterocycles. The molecule has 134 valence electrons. The third-order valence-corrected chi connectivity index (χ3v) is 4.67. The van der Waals surface area contributed by atoms with Gasteiger partial charge in [0.15, 0.2) is 0 Å². The van der Waals surface area contributed by atoms with Gasteiger partial charge in [-0.15, -0.1) is 0 Å². The van der Waals surface area contributed by atoms with E-state index in [1.807, 2.05) is 56.3 Å². The molecule has 2 N–H and O–H groups in total. The van der Waals surface area contributed by atoms with Crippen LogP contribution in [0.1, 0.15) is 25.0 Å². The number of aliphatic carboxylic acids is 1. The average molecular weight is 427 g/mol. The van der Waals surface area contributed by atoms with E-state index in [9.17, 15) is 9.90 Å². The summed E-state index contributed by atoms with van der Waals surface area (Å²) in [6.45, 7) is 4.50. The summed E-state index contributed by atoms with van der Waals surface area (Å²) < 4.78 is 6.83. The summed E-state index contributed by atoms with van der Waals surface area (Å²) >= 11 is 9.61. The maximum absolute atomic E-state index is 11.3. The van der Waals surface area contributed by atoms with Gasteiger partial charge in [0.2, 0.25) is 0 Å². The molecule has 0 radical (unpaired) electrons. The van der Waals surface area contributed by atoms with Crippen LogP contribution in [0.15, 0.2) is 46.9 Å². The standard InChI is InChI=1S/C19H21BrClNO3/c1-12(2)18(19(23)24)22-10-14-9-15(20)7-8-17(14)25-11-13-5-3-4-6-16(13)21/h3-9,12,18,22H,10-11H2,1-2H3,(H,23,24). The highest BCUT2D eigenvalue weighted by molar-refractivity contribution is 9.10. The van der Waals surface area contributed by atoms with E-state index >= 15 is 0 Å². The Morgan fingerprint density at radius 3 is 2.60 bits per heavy atom. The lowest BCUT2D eigenvalue weighted by Gasteiger charge is -2.19. The lowest BCUT2D eigenvalue weighted by Crippen LogP contribution is -2.40. The molecule has 4 nitrogen and oxygen atoms in total. The fourth-order valence-electron chi connectivity index (χ4n) is 2.43. The number of halogens is 2. The Morgan fingerprint density at radius 2 is 1.96 bits per heavy atom. The zero-order valence-electron chi connectivity index (χ0n) is 14.1. The second-order valence-electron chi connectivity index (χ2n) is 6.07. The van der Waals surface area contributed by atoms with Crippen LogP contribution in [0.3, 0.4) is 0 Å². The molecule has 0 saturated heterocycles. The smallest absolute Gasteiger partial charge is 0.320 e. The van der Waals surface area contributed by atoms with Gasteiger partial charge in [-0.05, 0) is 30.2 Å². The number of rotatable bonds is 8. The lowest BCUT2D eigenvalue weighted by atomic mass is 10.0. The van der Waals surface area contributed by atoms with Crippen LogP contribution in [0.2, 0.25) is 5.02 Å². The molecular weight excluding hydrogens is 406 g/mol. The van der Waals surface area contributed by atoms with Crippen LogP contribution in [0.25, 0.3) is 0 Å². The van der Waals surface area contributed by atoms with Crippen LogP contribution < -0.4 is 10.1 Å². The highest BCUT2D eigenvalue weighted by Gasteiger charge is 2.21. The highest BCUT2D eigenvalue weighted by atomic mass is 79.9. The monoisotopic (exact) mass is 425 g/mol. The van der Waals surface area contributed by atoms with E-state index in [1.165, 1.54) is 0 Å². The molecule has 2 aromatic rings. The molecule has 2 aromatic carbocycles. The van der Waals surface area contributed by atoms with Crippen molar-refractivity contribution in [3.05, 3.63) is 63.1 Å². The molecule has 0 amide bonds. The molecule has 0 bridgehead atoms. The molecule has 0 aliphatic rings. The van der Waals surface area contributed by atoms with E-state index in [-0.39, 0.29) is 5.92 Å². The largest absolute Gasteiger partial charge is 0.489 e. The predicted octanol–water partition coefficient (Wildman–Crippen LogP) is 4.88. The Bertz CT molecular complexity index is 736. The van der Waals surface area contributed by atoms with Crippen molar-refractivity contribution in [2.75, 3.05) is 0 Å². The van der Waals surface area contributed by atoms with E-state index in [0.717, 1.165) is 15.6 Å². The number of benzene rings is 2. The predicted molar refractivity (Wildman–Crippen MR) is 103 cm³/mol. The number of ether oxygens (including phenoxy) is 1. The first-order valence-corrected chi connectivity index (χ1v) is 9.16. The summed E-state index contributed by atoms with van der Waals surface area (Å²) in [7, 11) is 0. The van der Waals surface area contributed by atoms with E-state index < -0.39 is 12.0 Å². The Kier molecular flexibility index (Phi) is 7.29. The van der Waals surface area contributed by atoms with E-state index in [2.05, 4.69) is 21.2 Å². The first kappa shape index (κ1) is 19.8. The summed E-state index contributed by atoms with van der Waals surface area (Å²) in [5.41, 5.74) is 1.78. The zero-order chi connectivity index (χ0) is 18.4. The molecule has 0 aliphatic heterocycles. The van der Waals surface area contributed by atoms with Gasteiger partial charge >= 0.3 is 5.97 Å². The van der Waals surface area contributed by atoms with Gasteiger partial charge in [0.05, 0.1) is 0 Å². The van der Waals surface area contributed by atoms with E-state index in [4.69, 9.17) is 16.3 Å². The van der Waals surface area contributed by atoms with Crippen LogP contribution in [-0.4, -0.2) is 17.1 Å². The number of nitrogens with one attached hydrogen (secondary N) is 1. The molecule has 6 heteroatoms. The SMILES string of the molecule is CC(C)C(NCc1cc(Br)ccc1OCc1ccccc1Cl)C(=O)O. The third-order valence-electron chi connectivity index (χ3n) is 3.81. The Morgan fingerprint density at radius 1 is 1.24 bits per heavy atom. The van der Waals surface area contributed by atoms with Crippen molar-refractivity contribution in [2.24, 2.45) is 5.92 Å². The van der Waals surface area contributed by atoms with Crippen molar-refractivity contribution in [1.82, 2.24) is 5.32 Å². The van der Waals surface area contributed by atoms with Crippen molar-refractivity contribution in [1.29, 1.82) is 0 Å². The highest BCUT2D eigenvalue weighted by Crippen LogP contribution is 2.25. The molecule has 1 atom stereocenters. The summed E-state index contributed by atoms with van der Waals surface area (Å²) in [6.07, 6.45) is 0. The van der Waals surface area contributed by atoms with Crippen LogP contribution in [0, 0.1) is 5.92 Å². The molecule has 0 spiro atoms. The fraction of sp³-hybridized carbons (Fsp3) is 0.316. The third kappa shape index (κ3) is 5.73. The Hall–Kier alpha value is -1.56. The Labute approximate surface area is 161 Å². The second kappa shape index (κ2) is 9.22. The van der Waals surface area contributed by atoms with Crippen molar-refractivity contribution in [3.63, 3.8) is 0 Å². The van der Waals surface area contributed by atoms with Gasteiger partial charge in [-0.2, -0.15) is 0 Å². The topological polar surface area (TPSA) is 58.6 Å². The van der Waals surface area contributed by atoms with Crippen molar-refractivity contribution >= 4 is 33.5 Å². The first-order chi connectivity index (χ1) is 11.9. The summed E-state index contributed by atoms with van der Waals surface area (Å²) in [5.74, 6) is -0.177. The van der Waals surface area contributed by atoms with Gasteiger partial charge in [0.1, 0.15) is 18.4 Å². The minimum Gasteiger partial charge on any atom is -0.489 e. The van der Waals surface area contributed by atoms with Gasteiger partial charge in [-0.25, -0.2) is 0 Å². The molecule has 0 saturated carbocycles. The maximum Gasteiger partial charge on any atom is 0.320 e. The fourth-order valence-corrected chi connectivity index (χ4v) is 3.02. The molecule has 0 aliphatic carbocycles. The van der Waals surface area contributed by atoms with Crippen molar-refractivity contribution < 1.29 is 14.6 Å².